The van der Waals surface area contributed by atoms with Crippen molar-refractivity contribution in [1.82, 2.24) is 9.80 Å². The predicted molar refractivity (Wildman–Crippen MR) is 86.9 cm³/mol. The molecule has 126 valence electrons. The van der Waals surface area contributed by atoms with Crippen LogP contribution in [0.25, 0.3) is 0 Å². The molecular weight excluding hydrogens is 297 g/mol. The number of amides is 1. The number of aliphatic hydroxyl groups excluding tert-OH is 1. The van der Waals surface area contributed by atoms with Crippen LogP contribution in [-0.2, 0) is 4.79 Å². The molecule has 2 aliphatic rings. The molecule has 1 aromatic carbocycles. The van der Waals surface area contributed by atoms with Crippen molar-refractivity contribution in [3.63, 3.8) is 0 Å². The van der Waals surface area contributed by atoms with Gasteiger partial charge in [-0.2, -0.15) is 0 Å². The van der Waals surface area contributed by atoms with Crippen LogP contribution < -0.4 is 4.90 Å². The van der Waals surface area contributed by atoms with Gasteiger partial charge >= 0.3 is 0 Å². The van der Waals surface area contributed by atoms with Gasteiger partial charge in [-0.15, -0.1) is 0 Å². The third kappa shape index (κ3) is 4.00. The first-order valence-corrected chi connectivity index (χ1v) is 8.31. The molecule has 1 unspecified atom stereocenters. The van der Waals surface area contributed by atoms with Crippen LogP contribution in [0.4, 0.5) is 10.1 Å². The molecule has 0 saturated carbocycles. The summed E-state index contributed by atoms with van der Waals surface area (Å²) >= 11 is 0. The number of likely N-dealkylation sites (tertiary alicyclic amines) is 1. The minimum Gasteiger partial charge on any atom is -0.390 e. The van der Waals surface area contributed by atoms with Crippen LogP contribution in [-0.4, -0.2) is 72.7 Å². The number of aliphatic hydroxyl groups is 1. The highest BCUT2D eigenvalue weighted by molar-refractivity contribution is 5.78. The summed E-state index contributed by atoms with van der Waals surface area (Å²) < 4.78 is 13.8. The zero-order chi connectivity index (χ0) is 16.2. The first kappa shape index (κ1) is 16.2. The van der Waals surface area contributed by atoms with Crippen molar-refractivity contribution in [2.24, 2.45) is 0 Å². The lowest BCUT2D eigenvalue weighted by molar-refractivity contribution is -0.129. The van der Waals surface area contributed by atoms with Gasteiger partial charge in [0.25, 0.3) is 0 Å². The summed E-state index contributed by atoms with van der Waals surface area (Å²) in [5, 5.41) is 10.2. The van der Waals surface area contributed by atoms with Crippen LogP contribution in [0.3, 0.4) is 0 Å². The normalized spacial score (nSPS) is 21.0. The van der Waals surface area contributed by atoms with Gasteiger partial charge in [-0.25, -0.2) is 4.39 Å². The van der Waals surface area contributed by atoms with E-state index in [1.807, 2.05) is 11.0 Å². The third-order valence-electron chi connectivity index (χ3n) is 4.64. The van der Waals surface area contributed by atoms with Gasteiger partial charge in [0, 0.05) is 52.2 Å². The number of β-amino-alcohol motifs (C(OH)–C–C–N with tert-alkyl or cyclic N) is 1. The third-order valence-corrected chi connectivity index (χ3v) is 4.64. The van der Waals surface area contributed by atoms with E-state index in [-0.39, 0.29) is 11.7 Å². The minimum atomic E-state index is -0.517. The molecule has 2 saturated heterocycles. The Morgan fingerprint density at radius 3 is 2.48 bits per heavy atom. The average molecular weight is 321 g/mol. The van der Waals surface area contributed by atoms with E-state index in [1.54, 1.807) is 17.0 Å². The van der Waals surface area contributed by atoms with Gasteiger partial charge in [0.15, 0.2) is 0 Å². The lowest BCUT2D eigenvalue weighted by Crippen LogP contribution is -2.50. The number of piperazine rings is 1. The van der Waals surface area contributed by atoms with Crippen LogP contribution in [0, 0.1) is 5.82 Å². The molecule has 2 fully saturated rings. The largest absolute Gasteiger partial charge is 0.390 e. The number of nitrogens with zero attached hydrogens (tertiary/aromatic N) is 3. The standard InChI is InChI=1S/C17H24FN3O2/c18-15-4-1-2-5-16(15)20-10-8-19(9-11-20)12-14(22)13-21-7-3-6-17(21)23/h1-2,4-5,14,22H,3,6-13H2. The van der Waals surface area contributed by atoms with E-state index in [2.05, 4.69) is 4.90 Å². The number of hydrogen-bond acceptors (Lipinski definition) is 4. The highest BCUT2D eigenvalue weighted by atomic mass is 19.1. The van der Waals surface area contributed by atoms with Crippen molar-refractivity contribution in [1.29, 1.82) is 0 Å². The van der Waals surface area contributed by atoms with Crippen molar-refractivity contribution in [2.75, 3.05) is 50.7 Å². The molecule has 0 spiro atoms. The molecule has 0 aliphatic carbocycles. The quantitative estimate of drug-likeness (QED) is 0.876. The summed E-state index contributed by atoms with van der Waals surface area (Å²) in [6.07, 6.45) is 0.984. The second-order valence-corrected chi connectivity index (χ2v) is 6.34. The molecule has 5 nitrogen and oxygen atoms in total. The van der Waals surface area contributed by atoms with E-state index in [4.69, 9.17) is 0 Å². The second-order valence-electron chi connectivity index (χ2n) is 6.34. The Balaban J connectivity index is 1.45. The smallest absolute Gasteiger partial charge is 0.222 e. The number of para-hydroxylation sites is 1. The lowest BCUT2D eigenvalue weighted by Gasteiger charge is -2.37. The van der Waals surface area contributed by atoms with Gasteiger partial charge in [-0.3, -0.25) is 9.69 Å². The molecule has 3 rings (SSSR count). The number of carbonyl (C=O) groups excluding carboxylic acids is 1. The van der Waals surface area contributed by atoms with Crippen LogP contribution >= 0.6 is 0 Å². The fourth-order valence-electron chi connectivity index (χ4n) is 3.39. The molecule has 0 aromatic heterocycles. The Morgan fingerprint density at radius 1 is 1.09 bits per heavy atom. The summed E-state index contributed by atoms with van der Waals surface area (Å²) in [6.45, 7) is 4.82. The number of rotatable bonds is 5. The van der Waals surface area contributed by atoms with Gasteiger partial charge < -0.3 is 14.9 Å². The van der Waals surface area contributed by atoms with Gasteiger partial charge in [0.2, 0.25) is 5.91 Å². The summed E-state index contributed by atoms with van der Waals surface area (Å²) in [4.78, 5) is 17.6. The Labute approximate surface area is 136 Å². The molecule has 2 heterocycles. The Bertz CT molecular complexity index is 546. The highest BCUT2D eigenvalue weighted by Crippen LogP contribution is 2.20. The second kappa shape index (κ2) is 7.27. The average Bonchev–Trinajstić information content (AvgIpc) is 2.94. The minimum absolute atomic E-state index is 0.147. The maximum Gasteiger partial charge on any atom is 0.222 e. The molecule has 23 heavy (non-hydrogen) atoms. The monoisotopic (exact) mass is 321 g/mol. The molecule has 1 aromatic rings. The van der Waals surface area contributed by atoms with Gasteiger partial charge in [-0.1, -0.05) is 12.1 Å². The molecule has 0 bridgehead atoms. The zero-order valence-electron chi connectivity index (χ0n) is 13.3. The topological polar surface area (TPSA) is 47.0 Å². The molecule has 1 amide bonds. The number of carbonyl (C=O) groups is 1. The number of halogens is 1. The fourth-order valence-corrected chi connectivity index (χ4v) is 3.39. The van der Waals surface area contributed by atoms with Crippen LogP contribution in [0.1, 0.15) is 12.8 Å². The van der Waals surface area contributed by atoms with Crippen molar-refractivity contribution in [3.8, 4) is 0 Å². The van der Waals surface area contributed by atoms with E-state index >= 15 is 0 Å². The Kier molecular flexibility index (Phi) is 5.13. The Hall–Kier alpha value is -1.66. The molecule has 2 aliphatic heterocycles. The number of hydrogen-bond donors (Lipinski definition) is 1. The van der Waals surface area contributed by atoms with E-state index in [1.165, 1.54) is 6.07 Å². The van der Waals surface area contributed by atoms with Crippen molar-refractivity contribution < 1.29 is 14.3 Å². The number of benzene rings is 1. The van der Waals surface area contributed by atoms with Crippen LogP contribution in [0.15, 0.2) is 24.3 Å². The summed E-state index contributed by atoms with van der Waals surface area (Å²) in [5.41, 5.74) is 0.648. The van der Waals surface area contributed by atoms with E-state index in [9.17, 15) is 14.3 Å². The van der Waals surface area contributed by atoms with E-state index < -0.39 is 6.10 Å². The molecule has 6 heteroatoms. The Morgan fingerprint density at radius 2 is 1.83 bits per heavy atom. The predicted octanol–water partition coefficient (Wildman–Crippen LogP) is 0.931. The fraction of sp³-hybridized carbons (Fsp3) is 0.588. The SMILES string of the molecule is O=C1CCCN1CC(O)CN1CCN(c2ccccc2F)CC1. The molecule has 1 N–H and O–H groups in total. The first-order valence-electron chi connectivity index (χ1n) is 8.31. The van der Waals surface area contributed by atoms with Gasteiger partial charge in [0.1, 0.15) is 5.82 Å². The van der Waals surface area contributed by atoms with E-state index in [0.29, 0.717) is 25.2 Å². The molecular formula is C17H24FN3O2. The maximum atomic E-state index is 13.8. The summed E-state index contributed by atoms with van der Waals surface area (Å²) in [7, 11) is 0. The van der Waals surface area contributed by atoms with Crippen molar-refractivity contribution in [2.45, 2.75) is 18.9 Å². The van der Waals surface area contributed by atoms with Crippen LogP contribution in [0.5, 0.6) is 0 Å². The first-order chi connectivity index (χ1) is 11.1. The van der Waals surface area contributed by atoms with Crippen molar-refractivity contribution in [3.05, 3.63) is 30.1 Å². The highest BCUT2D eigenvalue weighted by Gasteiger charge is 2.25. The summed E-state index contributed by atoms with van der Waals surface area (Å²) in [5.74, 6) is -0.0399. The zero-order valence-corrected chi connectivity index (χ0v) is 13.3. The number of anilines is 1. The van der Waals surface area contributed by atoms with Gasteiger partial charge in [-0.05, 0) is 18.6 Å². The molecule has 1 atom stereocenters. The van der Waals surface area contributed by atoms with Crippen LogP contribution in [0.2, 0.25) is 0 Å². The molecule has 0 radical (unpaired) electrons. The maximum absolute atomic E-state index is 13.8. The van der Waals surface area contributed by atoms with Gasteiger partial charge in [0.05, 0.1) is 11.8 Å². The van der Waals surface area contributed by atoms with Crippen molar-refractivity contribution >= 4 is 11.6 Å². The summed E-state index contributed by atoms with van der Waals surface area (Å²) in [6, 6.07) is 6.84. The van der Waals surface area contributed by atoms with E-state index in [0.717, 1.165) is 39.1 Å². The lowest BCUT2D eigenvalue weighted by atomic mass is 10.2.